The maximum absolute atomic E-state index is 15.1. The number of nitrogens with zero attached hydrogens (tertiary/aromatic N) is 4. The monoisotopic (exact) mass is 426 g/mol. The van der Waals surface area contributed by atoms with Crippen molar-refractivity contribution in [2.24, 2.45) is 7.05 Å². The summed E-state index contributed by atoms with van der Waals surface area (Å²) >= 11 is 0. The fourth-order valence-electron chi connectivity index (χ4n) is 3.63. The first-order chi connectivity index (χ1) is 14.7. The molecule has 2 atom stereocenters. The van der Waals surface area contributed by atoms with Crippen LogP contribution in [-0.2, 0) is 13.5 Å². The molecule has 31 heavy (non-hydrogen) atoms. The van der Waals surface area contributed by atoms with E-state index in [4.69, 9.17) is 0 Å². The molecule has 0 saturated heterocycles. The lowest BCUT2D eigenvalue weighted by Gasteiger charge is -2.19. The molecule has 3 aromatic rings. The van der Waals surface area contributed by atoms with Crippen LogP contribution >= 0.6 is 0 Å². The Morgan fingerprint density at radius 2 is 1.84 bits per heavy atom. The maximum atomic E-state index is 15.1. The Labute approximate surface area is 177 Å². The molecule has 0 spiro atoms. The SMILES string of the molecule is Cc1c(Cc2c(C#N)cc(F)cc2C(F)C(C)F)cc(F)c(-c2ccnn2C)c1C#N. The summed E-state index contributed by atoms with van der Waals surface area (Å²) in [6, 6.07) is 8.33. The summed E-state index contributed by atoms with van der Waals surface area (Å²) in [5.41, 5.74) is 0.846. The Kier molecular flexibility index (Phi) is 6.12. The molecule has 0 aliphatic carbocycles. The number of halogens is 4. The standard InChI is InChI=1S/C23H18F4N4/c1-12-14(8-20(26)22(19(12)11-29)21-4-5-30-31(21)3)7-17-15(10-28)6-16(25)9-18(17)23(27)13(2)24/h4-6,8-9,13,23H,7H2,1-3H3. The normalized spacial score (nSPS) is 12.8. The van der Waals surface area contributed by atoms with Gasteiger partial charge in [-0.2, -0.15) is 15.6 Å². The Balaban J connectivity index is 2.21. The Bertz CT molecular complexity index is 1230. The summed E-state index contributed by atoms with van der Waals surface area (Å²) in [7, 11) is 1.61. The summed E-state index contributed by atoms with van der Waals surface area (Å²) in [5, 5.41) is 23.1. The van der Waals surface area contributed by atoms with Crippen LogP contribution in [0.25, 0.3) is 11.3 Å². The van der Waals surface area contributed by atoms with Crippen molar-refractivity contribution in [1.29, 1.82) is 10.5 Å². The molecule has 1 heterocycles. The first-order valence-electron chi connectivity index (χ1n) is 9.40. The van der Waals surface area contributed by atoms with Gasteiger partial charge < -0.3 is 0 Å². The van der Waals surface area contributed by atoms with Crippen molar-refractivity contribution in [1.82, 2.24) is 9.78 Å². The van der Waals surface area contributed by atoms with Crippen LogP contribution in [0.4, 0.5) is 17.6 Å². The lowest BCUT2D eigenvalue weighted by Crippen LogP contribution is -2.11. The quantitative estimate of drug-likeness (QED) is 0.515. The molecular weight excluding hydrogens is 408 g/mol. The molecular formula is C23H18F4N4. The second kappa shape index (κ2) is 8.61. The molecule has 0 aliphatic heterocycles. The third-order valence-electron chi connectivity index (χ3n) is 5.27. The summed E-state index contributed by atoms with van der Waals surface area (Å²) in [5.74, 6) is -1.57. The van der Waals surface area contributed by atoms with Crippen LogP contribution in [0.5, 0.6) is 0 Å². The highest BCUT2D eigenvalue weighted by molar-refractivity contribution is 5.71. The molecule has 0 fully saturated rings. The molecule has 0 aliphatic rings. The van der Waals surface area contributed by atoms with Gasteiger partial charge in [-0.15, -0.1) is 0 Å². The highest BCUT2D eigenvalue weighted by atomic mass is 19.2. The van der Waals surface area contributed by atoms with Crippen molar-refractivity contribution in [3.8, 4) is 23.4 Å². The second-order valence-electron chi connectivity index (χ2n) is 7.23. The van der Waals surface area contributed by atoms with Crippen molar-refractivity contribution in [3.63, 3.8) is 0 Å². The van der Waals surface area contributed by atoms with Gasteiger partial charge in [0.1, 0.15) is 23.9 Å². The molecule has 0 bridgehead atoms. The van der Waals surface area contributed by atoms with Crippen molar-refractivity contribution in [3.05, 3.63) is 75.5 Å². The average Bonchev–Trinajstić information content (AvgIpc) is 3.15. The highest BCUT2D eigenvalue weighted by Gasteiger charge is 2.26. The van der Waals surface area contributed by atoms with Crippen LogP contribution in [-0.4, -0.2) is 16.0 Å². The zero-order valence-electron chi connectivity index (χ0n) is 17.0. The smallest absolute Gasteiger partial charge is 0.156 e. The van der Waals surface area contributed by atoms with E-state index in [1.807, 2.05) is 6.07 Å². The van der Waals surface area contributed by atoms with Gasteiger partial charge in [0.25, 0.3) is 0 Å². The van der Waals surface area contributed by atoms with E-state index in [0.717, 1.165) is 19.1 Å². The summed E-state index contributed by atoms with van der Waals surface area (Å²) in [6.07, 6.45) is -2.80. The lowest BCUT2D eigenvalue weighted by molar-refractivity contribution is 0.183. The van der Waals surface area contributed by atoms with E-state index in [-0.39, 0.29) is 34.2 Å². The molecule has 4 nitrogen and oxygen atoms in total. The van der Waals surface area contributed by atoms with Gasteiger partial charge in [0.05, 0.1) is 28.5 Å². The highest BCUT2D eigenvalue weighted by Crippen LogP contribution is 2.35. The molecule has 8 heteroatoms. The number of hydrogen-bond acceptors (Lipinski definition) is 3. The number of aromatic nitrogens is 2. The van der Waals surface area contributed by atoms with Gasteiger partial charge in [0.15, 0.2) is 6.17 Å². The summed E-state index contributed by atoms with van der Waals surface area (Å²) < 4.78 is 58.7. The van der Waals surface area contributed by atoms with Crippen LogP contribution < -0.4 is 0 Å². The van der Waals surface area contributed by atoms with E-state index in [0.29, 0.717) is 16.8 Å². The number of rotatable bonds is 5. The van der Waals surface area contributed by atoms with E-state index < -0.39 is 24.0 Å². The van der Waals surface area contributed by atoms with Gasteiger partial charge in [-0.05, 0) is 66.8 Å². The van der Waals surface area contributed by atoms with Crippen LogP contribution in [0.15, 0.2) is 30.5 Å². The number of hydrogen-bond donors (Lipinski definition) is 0. The van der Waals surface area contributed by atoms with Crippen LogP contribution in [0.3, 0.4) is 0 Å². The molecule has 2 unspecified atom stereocenters. The summed E-state index contributed by atoms with van der Waals surface area (Å²) in [4.78, 5) is 0. The van der Waals surface area contributed by atoms with Gasteiger partial charge in [-0.3, -0.25) is 4.68 Å². The topological polar surface area (TPSA) is 65.4 Å². The van der Waals surface area contributed by atoms with Crippen LogP contribution in [0.1, 0.15) is 46.5 Å². The molecule has 0 saturated carbocycles. The van der Waals surface area contributed by atoms with E-state index >= 15 is 4.39 Å². The van der Waals surface area contributed by atoms with Crippen LogP contribution in [0.2, 0.25) is 0 Å². The van der Waals surface area contributed by atoms with Crippen LogP contribution in [0, 0.1) is 41.2 Å². The fraction of sp³-hybridized carbons (Fsp3) is 0.261. The minimum Gasteiger partial charge on any atom is -0.268 e. The molecule has 0 amide bonds. The van der Waals surface area contributed by atoms with Gasteiger partial charge in [-0.25, -0.2) is 17.6 Å². The van der Waals surface area contributed by atoms with Gasteiger partial charge in [0, 0.05) is 13.2 Å². The molecule has 0 N–H and O–H groups in total. The molecule has 158 valence electrons. The molecule has 2 aromatic carbocycles. The number of benzene rings is 2. The van der Waals surface area contributed by atoms with Crippen molar-refractivity contribution in [2.75, 3.05) is 0 Å². The second-order valence-corrected chi connectivity index (χ2v) is 7.23. The number of alkyl halides is 2. The predicted molar refractivity (Wildman–Crippen MR) is 106 cm³/mol. The van der Waals surface area contributed by atoms with E-state index in [2.05, 4.69) is 5.10 Å². The number of aryl methyl sites for hydroxylation is 1. The third kappa shape index (κ3) is 4.02. The zero-order valence-corrected chi connectivity index (χ0v) is 17.0. The largest absolute Gasteiger partial charge is 0.268 e. The first-order valence-corrected chi connectivity index (χ1v) is 9.40. The average molecular weight is 426 g/mol. The minimum absolute atomic E-state index is 0.0561. The Morgan fingerprint density at radius 3 is 2.39 bits per heavy atom. The zero-order chi connectivity index (χ0) is 22.9. The fourth-order valence-corrected chi connectivity index (χ4v) is 3.63. The van der Waals surface area contributed by atoms with Gasteiger partial charge in [0.2, 0.25) is 0 Å². The van der Waals surface area contributed by atoms with E-state index in [1.165, 1.54) is 16.9 Å². The molecule has 1 aromatic heterocycles. The maximum Gasteiger partial charge on any atom is 0.156 e. The van der Waals surface area contributed by atoms with Crippen molar-refractivity contribution >= 4 is 0 Å². The Morgan fingerprint density at radius 1 is 1.13 bits per heavy atom. The molecule has 3 rings (SSSR count). The van der Waals surface area contributed by atoms with Gasteiger partial charge >= 0.3 is 0 Å². The third-order valence-corrected chi connectivity index (χ3v) is 5.27. The number of nitriles is 2. The van der Waals surface area contributed by atoms with Crippen molar-refractivity contribution in [2.45, 2.75) is 32.6 Å². The lowest BCUT2D eigenvalue weighted by atomic mass is 9.87. The Hall–Kier alpha value is -3.65. The summed E-state index contributed by atoms with van der Waals surface area (Å²) in [6.45, 7) is 2.60. The van der Waals surface area contributed by atoms with E-state index in [9.17, 15) is 23.7 Å². The van der Waals surface area contributed by atoms with Crippen molar-refractivity contribution < 1.29 is 17.6 Å². The molecule has 0 radical (unpaired) electrons. The first kappa shape index (κ1) is 22.0. The minimum atomic E-state index is -2.16. The van der Waals surface area contributed by atoms with E-state index in [1.54, 1.807) is 26.1 Å². The predicted octanol–water partition coefficient (Wildman–Crippen LogP) is 5.38. The van der Waals surface area contributed by atoms with Gasteiger partial charge in [-0.1, -0.05) is 0 Å².